The molecule has 0 radical (unpaired) electrons. The Hall–Kier alpha value is -1.57. The van der Waals surface area contributed by atoms with Crippen molar-refractivity contribution in [2.75, 3.05) is 0 Å². The van der Waals surface area contributed by atoms with E-state index in [9.17, 15) is 4.79 Å². The van der Waals surface area contributed by atoms with Gasteiger partial charge in [0.1, 0.15) is 0 Å². The molecule has 2 atom stereocenters. The van der Waals surface area contributed by atoms with Gasteiger partial charge in [-0.3, -0.25) is 4.79 Å². The Balaban J connectivity index is 2.29. The third-order valence-corrected chi connectivity index (χ3v) is 3.06. The van der Waals surface area contributed by atoms with E-state index in [2.05, 4.69) is 43.1 Å². The van der Waals surface area contributed by atoms with E-state index < -0.39 is 0 Å². The predicted molar refractivity (Wildman–Crippen MR) is 60.4 cm³/mol. The quantitative estimate of drug-likeness (QED) is 0.694. The SMILES string of the molecule is C=C1C(=O)N[C@@H](c2ccc(C)cc2)[C@@H]1C. The van der Waals surface area contributed by atoms with Crippen molar-refractivity contribution in [3.63, 3.8) is 0 Å². The molecule has 1 fully saturated rings. The van der Waals surface area contributed by atoms with Crippen molar-refractivity contribution in [2.24, 2.45) is 5.92 Å². The molecule has 0 aromatic heterocycles. The molecule has 1 aliphatic heterocycles. The number of aryl methyl sites for hydroxylation is 1. The molecule has 0 spiro atoms. The minimum atomic E-state index is -0.0203. The summed E-state index contributed by atoms with van der Waals surface area (Å²) in [5.41, 5.74) is 3.07. The number of benzene rings is 1. The van der Waals surface area contributed by atoms with Gasteiger partial charge in [0, 0.05) is 11.5 Å². The summed E-state index contributed by atoms with van der Waals surface area (Å²) in [5.74, 6) is 0.160. The predicted octanol–water partition coefficient (Wildman–Crippen LogP) is 2.36. The second-order valence-corrected chi connectivity index (χ2v) is 4.18. The lowest BCUT2D eigenvalue weighted by Gasteiger charge is -2.15. The van der Waals surface area contributed by atoms with Crippen LogP contribution in [0, 0.1) is 12.8 Å². The molecule has 2 heteroatoms. The van der Waals surface area contributed by atoms with Gasteiger partial charge >= 0.3 is 0 Å². The van der Waals surface area contributed by atoms with Gasteiger partial charge in [-0.05, 0) is 12.5 Å². The highest BCUT2D eigenvalue weighted by atomic mass is 16.2. The molecule has 0 unspecified atom stereocenters. The van der Waals surface area contributed by atoms with Gasteiger partial charge in [-0.1, -0.05) is 43.3 Å². The van der Waals surface area contributed by atoms with Gasteiger partial charge in [-0.2, -0.15) is 0 Å². The van der Waals surface area contributed by atoms with Crippen LogP contribution in [0.5, 0.6) is 0 Å². The molecule has 2 nitrogen and oxygen atoms in total. The van der Waals surface area contributed by atoms with E-state index in [1.807, 2.05) is 6.92 Å². The topological polar surface area (TPSA) is 29.1 Å². The summed E-state index contributed by atoms with van der Waals surface area (Å²) >= 11 is 0. The molecule has 1 aromatic rings. The van der Waals surface area contributed by atoms with Crippen LogP contribution in [0.1, 0.15) is 24.1 Å². The maximum atomic E-state index is 11.4. The Morgan fingerprint density at radius 2 is 1.87 bits per heavy atom. The van der Waals surface area contributed by atoms with Crippen LogP contribution in [0.3, 0.4) is 0 Å². The van der Waals surface area contributed by atoms with Crippen LogP contribution < -0.4 is 5.32 Å². The van der Waals surface area contributed by atoms with E-state index in [-0.39, 0.29) is 17.9 Å². The first-order chi connectivity index (χ1) is 7.09. The zero-order valence-corrected chi connectivity index (χ0v) is 9.08. The zero-order chi connectivity index (χ0) is 11.0. The van der Waals surface area contributed by atoms with Gasteiger partial charge < -0.3 is 5.32 Å². The molecule has 1 aliphatic rings. The highest BCUT2D eigenvalue weighted by molar-refractivity contribution is 5.96. The van der Waals surface area contributed by atoms with Crippen LogP contribution in [-0.2, 0) is 4.79 Å². The minimum absolute atomic E-state index is 0.0203. The van der Waals surface area contributed by atoms with E-state index >= 15 is 0 Å². The van der Waals surface area contributed by atoms with E-state index in [1.54, 1.807) is 0 Å². The van der Waals surface area contributed by atoms with E-state index in [0.29, 0.717) is 5.57 Å². The molecule has 1 saturated heterocycles. The summed E-state index contributed by atoms with van der Waals surface area (Å²) in [6.45, 7) is 7.88. The van der Waals surface area contributed by atoms with Crippen molar-refractivity contribution in [3.05, 3.63) is 47.5 Å². The van der Waals surface area contributed by atoms with Gasteiger partial charge in [0.15, 0.2) is 0 Å². The first kappa shape index (κ1) is 9.97. The molecular weight excluding hydrogens is 186 g/mol. The van der Waals surface area contributed by atoms with Gasteiger partial charge in [0.2, 0.25) is 5.91 Å². The maximum Gasteiger partial charge on any atom is 0.247 e. The maximum absolute atomic E-state index is 11.4. The Kier molecular flexibility index (Phi) is 2.35. The summed E-state index contributed by atoms with van der Waals surface area (Å²) in [4.78, 5) is 11.4. The number of nitrogens with one attached hydrogen (secondary N) is 1. The Labute approximate surface area is 90.0 Å². The largest absolute Gasteiger partial charge is 0.345 e. The Morgan fingerprint density at radius 1 is 1.27 bits per heavy atom. The molecule has 1 N–H and O–H groups in total. The Morgan fingerprint density at radius 3 is 2.33 bits per heavy atom. The summed E-state index contributed by atoms with van der Waals surface area (Å²) < 4.78 is 0. The molecule has 15 heavy (non-hydrogen) atoms. The van der Waals surface area contributed by atoms with Gasteiger partial charge in [0.25, 0.3) is 0 Å². The average Bonchev–Trinajstić information content (AvgIpc) is 2.47. The van der Waals surface area contributed by atoms with Crippen LogP contribution in [0.25, 0.3) is 0 Å². The number of amides is 1. The van der Waals surface area contributed by atoms with Crippen molar-refractivity contribution in [2.45, 2.75) is 19.9 Å². The molecule has 0 saturated carbocycles. The van der Waals surface area contributed by atoms with E-state index in [1.165, 1.54) is 5.56 Å². The molecule has 0 aliphatic carbocycles. The van der Waals surface area contributed by atoms with Crippen molar-refractivity contribution in [1.29, 1.82) is 0 Å². The van der Waals surface area contributed by atoms with E-state index in [0.717, 1.165) is 5.56 Å². The molecule has 78 valence electrons. The standard InChI is InChI=1S/C13H15NO/c1-8-4-6-11(7-5-8)12-9(2)10(3)13(15)14-12/h4-7,9,12H,3H2,1-2H3,(H,14,15)/t9-,12-/m1/s1. The lowest BCUT2D eigenvalue weighted by atomic mass is 9.93. The second-order valence-electron chi connectivity index (χ2n) is 4.18. The lowest BCUT2D eigenvalue weighted by Crippen LogP contribution is -2.20. The highest BCUT2D eigenvalue weighted by Gasteiger charge is 2.33. The number of hydrogen-bond acceptors (Lipinski definition) is 1. The molecular formula is C13H15NO. The summed E-state index contributed by atoms with van der Waals surface area (Å²) in [6.07, 6.45) is 0. The fourth-order valence-electron chi connectivity index (χ4n) is 1.91. The molecule has 1 aromatic carbocycles. The van der Waals surface area contributed by atoms with Crippen LogP contribution in [-0.4, -0.2) is 5.91 Å². The smallest absolute Gasteiger partial charge is 0.247 e. The fraction of sp³-hybridized carbons (Fsp3) is 0.308. The van der Waals surface area contributed by atoms with Crippen LogP contribution in [0.4, 0.5) is 0 Å². The molecule has 1 heterocycles. The summed E-state index contributed by atoms with van der Waals surface area (Å²) in [7, 11) is 0. The molecule has 1 amide bonds. The third kappa shape index (κ3) is 1.67. The van der Waals surface area contributed by atoms with Crippen LogP contribution in [0.15, 0.2) is 36.4 Å². The third-order valence-electron chi connectivity index (χ3n) is 3.06. The second kappa shape index (κ2) is 3.54. The first-order valence-electron chi connectivity index (χ1n) is 5.16. The number of rotatable bonds is 1. The Bertz CT molecular complexity index is 405. The number of carbonyl (C=O) groups is 1. The average molecular weight is 201 g/mol. The van der Waals surface area contributed by atoms with Gasteiger partial charge in [0.05, 0.1) is 6.04 Å². The van der Waals surface area contributed by atoms with Gasteiger partial charge in [-0.25, -0.2) is 0 Å². The highest BCUT2D eigenvalue weighted by Crippen LogP contribution is 2.32. The summed E-state index contributed by atoms with van der Waals surface area (Å²) in [6, 6.07) is 8.35. The van der Waals surface area contributed by atoms with Crippen LogP contribution in [0.2, 0.25) is 0 Å². The minimum Gasteiger partial charge on any atom is -0.345 e. The van der Waals surface area contributed by atoms with Crippen molar-refractivity contribution in [1.82, 2.24) is 5.32 Å². The van der Waals surface area contributed by atoms with E-state index in [4.69, 9.17) is 0 Å². The first-order valence-corrected chi connectivity index (χ1v) is 5.16. The zero-order valence-electron chi connectivity index (χ0n) is 9.08. The number of hydrogen-bond donors (Lipinski definition) is 1. The fourth-order valence-corrected chi connectivity index (χ4v) is 1.91. The summed E-state index contributed by atoms with van der Waals surface area (Å²) in [5, 5.41) is 2.95. The monoisotopic (exact) mass is 201 g/mol. The molecule has 2 rings (SSSR count). The number of carbonyl (C=O) groups excluding carboxylic acids is 1. The van der Waals surface area contributed by atoms with Crippen LogP contribution >= 0.6 is 0 Å². The normalized spacial score (nSPS) is 25.5. The molecule has 0 bridgehead atoms. The van der Waals surface area contributed by atoms with Crippen molar-refractivity contribution < 1.29 is 4.79 Å². The van der Waals surface area contributed by atoms with Crippen molar-refractivity contribution >= 4 is 5.91 Å². The van der Waals surface area contributed by atoms with Crippen molar-refractivity contribution in [3.8, 4) is 0 Å². The lowest BCUT2D eigenvalue weighted by molar-refractivity contribution is -0.116. The van der Waals surface area contributed by atoms with Gasteiger partial charge in [-0.15, -0.1) is 0 Å².